The second-order valence-electron chi connectivity index (χ2n) is 6.65. The molecule has 0 aromatic heterocycles. The van der Waals surface area contributed by atoms with Gasteiger partial charge in [-0.3, -0.25) is 9.79 Å². The van der Waals surface area contributed by atoms with E-state index < -0.39 is 18.1 Å². The van der Waals surface area contributed by atoms with Crippen LogP contribution in [-0.4, -0.2) is 43.9 Å². The molecule has 0 unspecified atom stereocenters. The van der Waals surface area contributed by atoms with Crippen LogP contribution in [0.5, 0.6) is 0 Å². The number of aliphatic imine (C=N–C) groups is 1. The van der Waals surface area contributed by atoms with Crippen LogP contribution in [0, 0.1) is 0 Å². The number of nitrogens with one attached hydrogen (secondary N) is 1. The van der Waals surface area contributed by atoms with E-state index in [1.165, 1.54) is 13.4 Å². The highest BCUT2D eigenvalue weighted by molar-refractivity contribution is 5.87. The van der Waals surface area contributed by atoms with E-state index in [-0.39, 0.29) is 12.5 Å². The fourth-order valence-corrected chi connectivity index (χ4v) is 2.76. The molecule has 0 radical (unpaired) electrons. The van der Waals surface area contributed by atoms with Gasteiger partial charge in [0.1, 0.15) is 12.6 Å². The van der Waals surface area contributed by atoms with Crippen LogP contribution < -0.4 is 22.5 Å². The quantitative estimate of drug-likeness (QED) is 0.183. The fourth-order valence-electron chi connectivity index (χ4n) is 2.76. The van der Waals surface area contributed by atoms with Crippen molar-refractivity contribution in [3.8, 4) is 0 Å². The van der Waals surface area contributed by atoms with E-state index in [0.717, 1.165) is 11.1 Å². The lowest BCUT2D eigenvalue weighted by molar-refractivity contribution is -0.149. The lowest BCUT2D eigenvalue weighted by atomic mass is 10.0. The average Bonchev–Trinajstić information content (AvgIpc) is 2.82. The van der Waals surface area contributed by atoms with Gasteiger partial charge in [-0.1, -0.05) is 60.7 Å². The number of carbonyl (C=O) groups is 2. The number of amides is 1. The molecule has 0 heterocycles. The third-order valence-corrected chi connectivity index (χ3v) is 4.35. The second-order valence-corrected chi connectivity index (χ2v) is 6.65. The zero-order valence-corrected chi connectivity index (χ0v) is 17.9. The van der Waals surface area contributed by atoms with Crippen molar-refractivity contribution in [1.29, 1.82) is 0 Å². The van der Waals surface area contributed by atoms with E-state index in [2.05, 4.69) is 16.0 Å². The molecule has 0 spiro atoms. The molecule has 1 amide bonds. The van der Waals surface area contributed by atoms with Crippen LogP contribution >= 0.6 is 0 Å². The van der Waals surface area contributed by atoms with Crippen LogP contribution in [0.15, 0.2) is 65.7 Å². The van der Waals surface area contributed by atoms with Gasteiger partial charge in [-0.05, 0) is 31.0 Å². The summed E-state index contributed by atoms with van der Waals surface area (Å²) < 4.78 is 5.43. The first-order valence-electron chi connectivity index (χ1n) is 10.2. The Morgan fingerprint density at radius 1 is 1.03 bits per heavy atom. The highest BCUT2D eigenvalue weighted by Crippen LogP contribution is 2.08. The highest BCUT2D eigenvalue weighted by atomic mass is 16.5. The van der Waals surface area contributed by atoms with Gasteiger partial charge in [0, 0.05) is 13.0 Å². The Balaban J connectivity index is 0.00000233. The molecule has 0 aliphatic heterocycles. The maximum atomic E-state index is 12.7. The zero-order chi connectivity index (χ0) is 22.9. The molecule has 7 N–H and O–H groups in total. The first kappa shape index (κ1) is 25.8. The number of ether oxygens (including phenoxy) is 1. The maximum absolute atomic E-state index is 12.7. The van der Waals surface area contributed by atoms with Gasteiger partial charge in [0.2, 0.25) is 5.91 Å². The van der Waals surface area contributed by atoms with Crippen molar-refractivity contribution < 1.29 is 14.3 Å². The largest absolute Gasteiger partial charge is 0.459 e. The molecule has 2 aromatic rings. The van der Waals surface area contributed by atoms with E-state index in [9.17, 15) is 9.59 Å². The van der Waals surface area contributed by atoms with E-state index in [4.69, 9.17) is 16.2 Å². The summed E-state index contributed by atoms with van der Waals surface area (Å²) in [7, 11) is 1.50. The van der Waals surface area contributed by atoms with Crippen LogP contribution in [0.25, 0.3) is 0 Å². The van der Waals surface area contributed by atoms with Gasteiger partial charge >= 0.3 is 5.97 Å². The fraction of sp³-hybridized carbons (Fsp3) is 0.348. The van der Waals surface area contributed by atoms with Crippen LogP contribution in [0.3, 0.4) is 0 Å². The Kier molecular flexibility index (Phi) is 13.0. The number of nitrogens with zero attached hydrogens (tertiary/aromatic N) is 1. The Morgan fingerprint density at radius 3 is 2.19 bits per heavy atom. The Morgan fingerprint density at radius 2 is 1.61 bits per heavy atom. The predicted molar refractivity (Wildman–Crippen MR) is 123 cm³/mol. The van der Waals surface area contributed by atoms with Gasteiger partial charge in [-0.25, -0.2) is 4.79 Å². The normalized spacial score (nSPS) is 12.4. The van der Waals surface area contributed by atoms with Crippen molar-refractivity contribution in [3.63, 3.8) is 0 Å². The Hall–Kier alpha value is -3.23. The van der Waals surface area contributed by atoms with E-state index in [0.29, 0.717) is 25.8 Å². The van der Waals surface area contributed by atoms with Crippen molar-refractivity contribution in [2.75, 3.05) is 13.6 Å². The molecule has 31 heavy (non-hydrogen) atoms. The Bertz CT molecular complexity index is 784. The number of benzene rings is 2. The number of nitrogens with two attached hydrogens (primary N) is 3. The van der Waals surface area contributed by atoms with Crippen molar-refractivity contribution >= 4 is 18.2 Å². The summed E-state index contributed by atoms with van der Waals surface area (Å²) in [6.45, 7) is 0.647. The average molecular weight is 428 g/mol. The van der Waals surface area contributed by atoms with E-state index >= 15 is 0 Å². The first-order chi connectivity index (χ1) is 15.1. The molecule has 2 atom stereocenters. The first-order valence-corrected chi connectivity index (χ1v) is 10.2. The van der Waals surface area contributed by atoms with Crippen LogP contribution in [0.4, 0.5) is 0 Å². The number of esters is 1. The van der Waals surface area contributed by atoms with E-state index in [1.54, 1.807) is 0 Å². The number of carbonyl (C=O) groups excluding carboxylic acids is 2. The van der Waals surface area contributed by atoms with Gasteiger partial charge in [0.15, 0.2) is 0 Å². The molecule has 0 aliphatic rings. The summed E-state index contributed by atoms with van der Waals surface area (Å²) in [6, 6.07) is 17.3. The zero-order valence-electron chi connectivity index (χ0n) is 17.9. The minimum absolute atomic E-state index is 0.143. The summed E-state index contributed by atoms with van der Waals surface area (Å²) >= 11 is 0. The molecule has 0 fully saturated rings. The minimum Gasteiger partial charge on any atom is -0.459 e. The summed E-state index contributed by atoms with van der Waals surface area (Å²) in [5.74, 6) is -0.884. The molecule has 168 valence electrons. The van der Waals surface area contributed by atoms with Crippen molar-refractivity contribution in [2.24, 2.45) is 22.2 Å². The summed E-state index contributed by atoms with van der Waals surface area (Å²) in [4.78, 5) is 29.0. The van der Waals surface area contributed by atoms with Crippen LogP contribution in [0.2, 0.25) is 0 Å². The van der Waals surface area contributed by atoms with Crippen LogP contribution in [0.1, 0.15) is 24.0 Å². The molecular weight excluding hydrogens is 394 g/mol. The summed E-state index contributed by atoms with van der Waals surface area (Å²) in [5.41, 5.74) is 17.4. The molecular formula is C23H33N5O3. The number of hydrogen-bond donors (Lipinski definition) is 4. The van der Waals surface area contributed by atoms with Gasteiger partial charge in [-0.15, -0.1) is 0 Å². The second kappa shape index (κ2) is 15.6. The van der Waals surface area contributed by atoms with Gasteiger partial charge in [0.05, 0.1) is 12.4 Å². The maximum Gasteiger partial charge on any atom is 0.329 e. The third kappa shape index (κ3) is 10.4. The van der Waals surface area contributed by atoms with Crippen LogP contribution in [-0.2, 0) is 27.4 Å². The lowest BCUT2D eigenvalue weighted by Crippen LogP contribution is -2.49. The highest BCUT2D eigenvalue weighted by Gasteiger charge is 2.25. The minimum atomic E-state index is -0.818. The number of rotatable bonds is 11. The molecule has 0 saturated heterocycles. The monoisotopic (exact) mass is 427 g/mol. The smallest absolute Gasteiger partial charge is 0.329 e. The van der Waals surface area contributed by atoms with Crippen molar-refractivity contribution in [3.05, 3.63) is 71.8 Å². The van der Waals surface area contributed by atoms with Gasteiger partial charge < -0.3 is 27.3 Å². The third-order valence-electron chi connectivity index (χ3n) is 4.35. The number of hydrogen-bond acceptors (Lipinski definition) is 6. The van der Waals surface area contributed by atoms with E-state index in [1.807, 2.05) is 60.7 Å². The standard InChI is InChI=1S/C22H28N4O3.CH5N/c23-16-25-13-7-12-19(24)21(27)26-20(14-17-8-3-1-4-9-17)22(28)29-15-18-10-5-2-6-11-18;1-2/h1-6,8-11,16,19-20H,7,12-15,24H2,(H2,23,25)(H,26,27);2H2,1H3/t19-,20+;/m1./s1. The molecule has 8 heteroatoms. The van der Waals surface area contributed by atoms with Crippen molar-refractivity contribution in [2.45, 2.75) is 38.0 Å². The molecule has 0 bridgehead atoms. The Labute approximate surface area is 183 Å². The molecule has 2 aromatic carbocycles. The molecule has 0 aliphatic carbocycles. The summed E-state index contributed by atoms with van der Waals surface area (Å²) in [5, 5.41) is 2.74. The summed E-state index contributed by atoms with van der Waals surface area (Å²) in [6.07, 6.45) is 2.62. The SMILES string of the molecule is CN.NC=NCCC[C@@H](N)C(=O)N[C@@H](Cc1ccccc1)C(=O)OCc1ccccc1. The molecule has 2 rings (SSSR count). The molecule has 0 saturated carbocycles. The van der Waals surface area contributed by atoms with Gasteiger partial charge in [-0.2, -0.15) is 0 Å². The topological polar surface area (TPSA) is 146 Å². The molecule has 8 nitrogen and oxygen atoms in total. The van der Waals surface area contributed by atoms with Crippen molar-refractivity contribution in [1.82, 2.24) is 5.32 Å². The lowest BCUT2D eigenvalue weighted by Gasteiger charge is -2.20. The van der Waals surface area contributed by atoms with Gasteiger partial charge in [0.25, 0.3) is 0 Å². The predicted octanol–water partition coefficient (Wildman–Crippen LogP) is 1.13.